The van der Waals surface area contributed by atoms with E-state index in [0.717, 1.165) is 31.6 Å². The van der Waals surface area contributed by atoms with Crippen LogP contribution >= 0.6 is 0 Å². The summed E-state index contributed by atoms with van der Waals surface area (Å²) >= 11 is 0. The lowest BCUT2D eigenvalue weighted by Crippen LogP contribution is -2.36. The molecule has 2 heterocycles. The lowest BCUT2D eigenvalue weighted by molar-refractivity contribution is -0.127. The molecule has 114 valence electrons. The quantitative estimate of drug-likeness (QED) is 0.816. The Hall–Kier alpha value is -2.36. The summed E-state index contributed by atoms with van der Waals surface area (Å²) in [7, 11) is 0. The number of aryl methyl sites for hydroxylation is 1. The molecule has 1 amide bonds. The molecule has 0 saturated carbocycles. The van der Waals surface area contributed by atoms with Gasteiger partial charge in [0, 0.05) is 19.3 Å². The third kappa shape index (κ3) is 2.96. The Morgan fingerprint density at radius 2 is 2.14 bits per heavy atom. The van der Waals surface area contributed by atoms with Crippen LogP contribution in [0.1, 0.15) is 29.9 Å². The highest BCUT2D eigenvalue weighted by Gasteiger charge is 2.23. The second-order valence-electron chi connectivity index (χ2n) is 5.86. The Morgan fingerprint density at radius 1 is 1.36 bits per heavy atom. The number of carbonyl (C=O) groups is 1. The lowest BCUT2D eigenvalue weighted by atomic mass is 9.91. The highest BCUT2D eigenvalue weighted by Crippen LogP contribution is 2.28. The van der Waals surface area contributed by atoms with Crippen molar-refractivity contribution in [3.63, 3.8) is 0 Å². The van der Waals surface area contributed by atoms with E-state index in [9.17, 15) is 4.79 Å². The highest BCUT2D eigenvalue weighted by atomic mass is 16.2. The van der Waals surface area contributed by atoms with Crippen molar-refractivity contribution in [1.82, 2.24) is 14.7 Å². The van der Waals surface area contributed by atoms with Crippen molar-refractivity contribution < 1.29 is 4.79 Å². The Bertz CT molecular complexity index is 681. The van der Waals surface area contributed by atoms with E-state index in [4.69, 9.17) is 0 Å². The van der Waals surface area contributed by atoms with Crippen LogP contribution in [0.2, 0.25) is 0 Å². The van der Waals surface area contributed by atoms with Crippen LogP contribution in [0.3, 0.4) is 0 Å². The van der Waals surface area contributed by atoms with Crippen LogP contribution in [0.15, 0.2) is 49.3 Å². The molecule has 1 aliphatic rings. The van der Waals surface area contributed by atoms with E-state index in [1.54, 1.807) is 0 Å². The number of piperidine rings is 1. The van der Waals surface area contributed by atoms with Gasteiger partial charge in [0.25, 0.3) is 0 Å². The summed E-state index contributed by atoms with van der Waals surface area (Å²) in [6.45, 7) is 7.23. The van der Waals surface area contributed by atoms with E-state index in [-0.39, 0.29) is 5.91 Å². The Morgan fingerprint density at radius 3 is 2.82 bits per heavy atom. The van der Waals surface area contributed by atoms with Crippen molar-refractivity contribution in [3.8, 4) is 5.69 Å². The molecule has 22 heavy (non-hydrogen) atoms. The fourth-order valence-electron chi connectivity index (χ4n) is 3.02. The molecule has 0 atom stereocenters. The van der Waals surface area contributed by atoms with E-state index >= 15 is 0 Å². The first-order valence-corrected chi connectivity index (χ1v) is 7.70. The summed E-state index contributed by atoms with van der Waals surface area (Å²) in [6.07, 6.45) is 7.44. The zero-order valence-corrected chi connectivity index (χ0v) is 12.9. The fraction of sp³-hybridized carbons (Fsp3) is 0.333. The Labute approximate surface area is 131 Å². The van der Waals surface area contributed by atoms with Gasteiger partial charge in [0.2, 0.25) is 5.91 Å². The summed E-state index contributed by atoms with van der Waals surface area (Å²) in [5.74, 6) is 0.515. The smallest absolute Gasteiger partial charge is 0.245 e. The molecule has 0 bridgehead atoms. The molecule has 0 spiro atoms. The third-order valence-corrected chi connectivity index (χ3v) is 4.32. The van der Waals surface area contributed by atoms with Gasteiger partial charge in [0.05, 0.1) is 11.9 Å². The molecule has 0 aliphatic carbocycles. The van der Waals surface area contributed by atoms with E-state index in [0.29, 0.717) is 5.92 Å². The minimum atomic E-state index is 0.0360. The summed E-state index contributed by atoms with van der Waals surface area (Å²) in [6, 6.07) is 8.32. The molecule has 4 heteroatoms. The van der Waals surface area contributed by atoms with Gasteiger partial charge in [0.1, 0.15) is 0 Å². The van der Waals surface area contributed by atoms with Crippen LogP contribution in [-0.4, -0.2) is 33.7 Å². The first-order chi connectivity index (χ1) is 10.7. The van der Waals surface area contributed by atoms with Gasteiger partial charge in [-0.25, -0.2) is 4.68 Å². The van der Waals surface area contributed by atoms with Gasteiger partial charge in [-0.05, 0) is 55.0 Å². The second kappa shape index (κ2) is 6.18. The number of aromatic nitrogens is 2. The maximum absolute atomic E-state index is 11.6. The standard InChI is InChI=1S/C18H21N3O/c1-3-18(22)20-9-7-15(8-10-20)16-12-19-21(13-16)17-6-4-5-14(2)11-17/h3-6,11-13,15H,1,7-10H2,2H3. The van der Waals surface area contributed by atoms with Gasteiger partial charge >= 0.3 is 0 Å². The van der Waals surface area contributed by atoms with Crippen LogP contribution in [0.5, 0.6) is 0 Å². The molecule has 1 fully saturated rings. The second-order valence-corrected chi connectivity index (χ2v) is 5.86. The summed E-state index contributed by atoms with van der Waals surface area (Å²) < 4.78 is 1.93. The molecule has 1 aliphatic heterocycles. The topological polar surface area (TPSA) is 38.1 Å². The molecule has 1 aromatic carbocycles. The molecule has 1 saturated heterocycles. The average molecular weight is 295 g/mol. The number of hydrogen-bond donors (Lipinski definition) is 0. The monoisotopic (exact) mass is 295 g/mol. The van der Waals surface area contributed by atoms with Gasteiger partial charge in [0.15, 0.2) is 0 Å². The van der Waals surface area contributed by atoms with Crippen molar-refractivity contribution in [3.05, 3.63) is 60.4 Å². The number of hydrogen-bond acceptors (Lipinski definition) is 2. The van der Waals surface area contributed by atoms with Gasteiger partial charge in [-0.15, -0.1) is 0 Å². The number of carbonyl (C=O) groups excluding carboxylic acids is 1. The molecule has 1 aromatic heterocycles. The van der Waals surface area contributed by atoms with Crippen LogP contribution in [0.4, 0.5) is 0 Å². The summed E-state index contributed by atoms with van der Waals surface area (Å²) in [5, 5.41) is 4.49. The van der Waals surface area contributed by atoms with E-state index in [1.165, 1.54) is 17.2 Å². The van der Waals surface area contributed by atoms with Crippen molar-refractivity contribution in [1.29, 1.82) is 0 Å². The minimum Gasteiger partial charge on any atom is -0.339 e. The van der Waals surface area contributed by atoms with E-state index < -0.39 is 0 Å². The van der Waals surface area contributed by atoms with Crippen molar-refractivity contribution in [2.75, 3.05) is 13.1 Å². The Kier molecular flexibility index (Phi) is 4.09. The maximum atomic E-state index is 11.6. The lowest BCUT2D eigenvalue weighted by Gasteiger charge is -2.30. The van der Waals surface area contributed by atoms with E-state index in [2.05, 4.69) is 43.0 Å². The normalized spacial score (nSPS) is 15.8. The fourth-order valence-corrected chi connectivity index (χ4v) is 3.02. The predicted octanol–water partition coefficient (Wildman–Crippen LogP) is 3.07. The number of rotatable bonds is 3. The summed E-state index contributed by atoms with van der Waals surface area (Å²) in [5.41, 5.74) is 3.57. The van der Waals surface area contributed by atoms with Crippen molar-refractivity contribution in [2.24, 2.45) is 0 Å². The highest BCUT2D eigenvalue weighted by molar-refractivity contribution is 5.87. The molecule has 3 rings (SSSR count). The van der Waals surface area contributed by atoms with Crippen molar-refractivity contribution >= 4 is 5.91 Å². The number of benzene rings is 1. The SMILES string of the molecule is C=CC(=O)N1CCC(c2cnn(-c3cccc(C)c3)c2)CC1. The first-order valence-electron chi connectivity index (χ1n) is 7.70. The van der Waals surface area contributed by atoms with Gasteiger partial charge in [-0.1, -0.05) is 18.7 Å². The van der Waals surface area contributed by atoms with Crippen LogP contribution < -0.4 is 0 Å². The summed E-state index contributed by atoms with van der Waals surface area (Å²) in [4.78, 5) is 13.5. The van der Waals surface area contributed by atoms with Crippen molar-refractivity contribution in [2.45, 2.75) is 25.7 Å². The van der Waals surface area contributed by atoms with E-state index in [1.807, 2.05) is 21.8 Å². The average Bonchev–Trinajstić information content (AvgIpc) is 3.04. The zero-order chi connectivity index (χ0) is 15.5. The molecule has 2 aromatic rings. The van der Waals surface area contributed by atoms with Crippen LogP contribution in [0.25, 0.3) is 5.69 Å². The largest absolute Gasteiger partial charge is 0.339 e. The number of amides is 1. The van der Waals surface area contributed by atoms with Crippen LogP contribution in [0, 0.1) is 6.92 Å². The number of likely N-dealkylation sites (tertiary alicyclic amines) is 1. The molecule has 0 unspecified atom stereocenters. The molecular formula is C18H21N3O. The molecular weight excluding hydrogens is 274 g/mol. The van der Waals surface area contributed by atoms with Gasteiger partial charge < -0.3 is 4.90 Å². The number of nitrogens with zero attached hydrogens (tertiary/aromatic N) is 3. The predicted molar refractivity (Wildman–Crippen MR) is 87.1 cm³/mol. The zero-order valence-electron chi connectivity index (χ0n) is 12.9. The minimum absolute atomic E-state index is 0.0360. The molecule has 0 N–H and O–H groups in total. The molecule has 4 nitrogen and oxygen atoms in total. The molecule has 0 radical (unpaired) electrons. The van der Waals surface area contributed by atoms with Crippen LogP contribution in [-0.2, 0) is 4.79 Å². The Balaban J connectivity index is 1.70. The third-order valence-electron chi connectivity index (χ3n) is 4.32. The first kappa shape index (κ1) is 14.6. The maximum Gasteiger partial charge on any atom is 0.245 e. The van der Waals surface area contributed by atoms with Gasteiger partial charge in [-0.2, -0.15) is 5.10 Å². The van der Waals surface area contributed by atoms with Gasteiger partial charge in [-0.3, -0.25) is 4.79 Å².